The summed E-state index contributed by atoms with van der Waals surface area (Å²) < 4.78 is 0. The number of imidazole rings is 1. The van der Waals surface area contributed by atoms with Gasteiger partial charge in [-0.1, -0.05) is 29.8 Å². The molecule has 0 unspecified atom stereocenters. The number of hydrogen-bond acceptors (Lipinski definition) is 4. The molecule has 0 bridgehead atoms. The van der Waals surface area contributed by atoms with E-state index in [4.69, 9.17) is 0 Å². The van der Waals surface area contributed by atoms with Crippen molar-refractivity contribution in [3.05, 3.63) is 66.1 Å². The minimum atomic E-state index is -0.0870. The van der Waals surface area contributed by atoms with Crippen molar-refractivity contribution < 1.29 is 4.79 Å². The third-order valence-electron chi connectivity index (χ3n) is 4.82. The lowest BCUT2D eigenvalue weighted by molar-refractivity contribution is 0.0594. The number of rotatable bonds is 3. The molecule has 0 spiro atoms. The van der Waals surface area contributed by atoms with Gasteiger partial charge in [0.15, 0.2) is 0 Å². The number of carbonyl (C=O) groups excluding carboxylic acids is 1. The molecule has 1 N–H and O–H groups in total. The Labute approximate surface area is 152 Å². The van der Waals surface area contributed by atoms with Crippen LogP contribution >= 0.6 is 0 Å². The van der Waals surface area contributed by atoms with Crippen LogP contribution in [0.1, 0.15) is 47.2 Å². The van der Waals surface area contributed by atoms with Crippen LogP contribution in [0.15, 0.2) is 49.1 Å². The second-order valence-electron chi connectivity index (χ2n) is 6.65. The normalized spacial score (nSPS) is 17.3. The highest BCUT2D eigenvalue weighted by Crippen LogP contribution is 2.31. The summed E-state index contributed by atoms with van der Waals surface area (Å²) in [6.45, 7) is 2.78. The third kappa shape index (κ3) is 3.22. The molecule has 1 fully saturated rings. The van der Waals surface area contributed by atoms with Crippen LogP contribution in [0.5, 0.6) is 0 Å². The van der Waals surface area contributed by atoms with Crippen molar-refractivity contribution in [2.45, 2.75) is 32.2 Å². The van der Waals surface area contributed by atoms with Crippen LogP contribution in [0, 0.1) is 6.92 Å². The first-order valence-electron chi connectivity index (χ1n) is 8.91. The van der Waals surface area contributed by atoms with E-state index in [2.05, 4.69) is 51.1 Å². The van der Waals surface area contributed by atoms with Gasteiger partial charge in [-0.3, -0.25) is 9.78 Å². The van der Waals surface area contributed by atoms with Crippen LogP contribution in [-0.2, 0) is 0 Å². The van der Waals surface area contributed by atoms with Gasteiger partial charge in [-0.05, 0) is 31.7 Å². The first-order valence-corrected chi connectivity index (χ1v) is 8.91. The smallest absolute Gasteiger partial charge is 0.274 e. The maximum Gasteiger partial charge on any atom is 0.274 e. The summed E-state index contributed by atoms with van der Waals surface area (Å²) in [4.78, 5) is 30.9. The molecule has 1 aliphatic heterocycles. The molecule has 3 aromatic rings. The van der Waals surface area contributed by atoms with Crippen molar-refractivity contribution >= 4 is 5.91 Å². The van der Waals surface area contributed by atoms with Gasteiger partial charge >= 0.3 is 0 Å². The highest BCUT2D eigenvalue weighted by Gasteiger charge is 2.31. The Hall–Kier alpha value is -3.02. The van der Waals surface area contributed by atoms with Gasteiger partial charge in [0.05, 0.1) is 24.1 Å². The molecule has 4 rings (SSSR count). The number of carbonyl (C=O) groups is 1. The largest absolute Gasteiger partial charge is 0.340 e. The van der Waals surface area contributed by atoms with Gasteiger partial charge < -0.3 is 9.88 Å². The first kappa shape index (κ1) is 16.4. The van der Waals surface area contributed by atoms with E-state index in [0.717, 1.165) is 36.3 Å². The summed E-state index contributed by atoms with van der Waals surface area (Å²) >= 11 is 0. The molecular weight excluding hydrogens is 326 g/mol. The number of benzene rings is 1. The molecule has 0 saturated carbocycles. The zero-order chi connectivity index (χ0) is 17.9. The Balaban J connectivity index is 1.61. The summed E-state index contributed by atoms with van der Waals surface area (Å²) in [5.74, 6) is 0.744. The monoisotopic (exact) mass is 347 g/mol. The minimum Gasteiger partial charge on any atom is -0.340 e. The SMILES string of the molecule is Cc1ccc(-c2cnc([C@@H]3CCCCN3C(=O)c3cnccn3)[nH]2)cc1. The summed E-state index contributed by atoms with van der Waals surface area (Å²) in [6, 6.07) is 8.27. The van der Waals surface area contributed by atoms with Gasteiger partial charge in [-0.2, -0.15) is 0 Å². The fraction of sp³-hybridized carbons (Fsp3) is 0.300. The van der Waals surface area contributed by atoms with Crippen LogP contribution in [0.2, 0.25) is 0 Å². The fourth-order valence-electron chi connectivity index (χ4n) is 3.40. The highest BCUT2D eigenvalue weighted by atomic mass is 16.2. The fourth-order valence-corrected chi connectivity index (χ4v) is 3.40. The number of likely N-dealkylation sites (tertiary alicyclic amines) is 1. The second kappa shape index (κ2) is 7.07. The first-order chi connectivity index (χ1) is 12.7. The minimum absolute atomic E-state index is 0.0579. The molecule has 1 saturated heterocycles. The van der Waals surface area contributed by atoms with E-state index >= 15 is 0 Å². The number of aromatic nitrogens is 4. The Morgan fingerprint density at radius 2 is 1.96 bits per heavy atom. The molecule has 2 aromatic heterocycles. The van der Waals surface area contributed by atoms with E-state index < -0.39 is 0 Å². The summed E-state index contributed by atoms with van der Waals surface area (Å²) in [6.07, 6.45) is 9.46. The maximum absolute atomic E-state index is 12.9. The van der Waals surface area contributed by atoms with Crippen molar-refractivity contribution in [3.8, 4) is 11.3 Å². The predicted molar refractivity (Wildman–Crippen MR) is 98.4 cm³/mol. The number of H-pyrrole nitrogens is 1. The van der Waals surface area contributed by atoms with Crippen molar-refractivity contribution in [1.29, 1.82) is 0 Å². The maximum atomic E-state index is 12.9. The zero-order valence-corrected chi connectivity index (χ0v) is 14.7. The van der Waals surface area contributed by atoms with E-state index in [0.29, 0.717) is 12.2 Å². The van der Waals surface area contributed by atoms with Gasteiger partial charge in [0.1, 0.15) is 11.5 Å². The van der Waals surface area contributed by atoms with Crippen LogP contribution in [-0.4, -0.2) is 37.3 Å². The molecule has 1 atom stereocenters. The molecule has 1 amide bonds. The molecule has 1 aliphatic rings. The van der Waals surface area contributed by atoms with Crippen LogP contribution in [0.25, 0.3) is 11.3 Å². The number of hydrogen-bond donors (Lipinski definition) is 1. The highest BCUT2D eigenvalue weighted by molar-refractivity contribution is 5.92. The van der Waals surface area contributed by atoms with Gasteiger partial charge in [-0.15, -0.1) is 0 Å². The van der Waals surface area contributed by atoms with Crippen molar-refractivity contribution in [1.82, 2.24) is 24.8 Å². The van der Waals surface area contributed by atoms with Crippen LogP contribution < -0.4 is 0 Å². The average molecular weight is 347 g/mol. The quantitative estimate of drug-likeness (QED) is 0.786. The number of piperidine rings is 1. The van der Waals surface area contributed by atoms with E-state index in [9.17, 15) is 4.79 Å². The Kier molecular flexibility index (Phi) is 4.48. The van der Waals surface area contributed by atoms with Gasteiger partial charge in [0.25, 0.3) is 5.91 Å². The molecule has 3 heterocycles. The molecule has 1 aromatic carbocycles. The molecule has 6 nitrogen and oxygen atoms in total. The summed E-state index contributed by atoms with van der Waals surface area (Å²) in [7, 11) is 0. The third-order valence-corrected chi connectivity index (χ3v) is 4.82. The number of aryl methyl sites for hydroxylation is 1. The zero-order valence-electron chi connectivity index (χ0n) is 14.7. The standard InChI is InChI=1S/C20H21N5O/c1-14-5-7-15(8-6-14)16-13-23-19(24-16)18-4-2-3-11-25(18)20(26)17-12-21-9-10-22-17/h5-10,12-13,18H,2-4,11H2,1H3,(H,23,24)/t18-/m0/s1. The lowest BCUT2D eigenvalue weighted by Gasteiger charge is -2.34. The lowest BCUT2D eigenvalue weighted by Crippen LogP contribution is -2.39. The summed E-state index contributed by atoms with van der Waals surface area (Å²) in [5.41, 5.74) is 3.67. The van der Waals surface area contributed by atoms with Gasteiger partial charge in [-0.25, -0.2) is 9.97 Å². The van der Waals surface area contributed by atoms with E-state index in [1.54, 1.807) is 12.4 Å². The number of nitrogens with zero attached hydrogens (tertiary/aromatic N) is 4. The lowest BCUT2D eigenvalue weighted by atomic mass is 10.0. The van der Waals surface area contributed by atoms with Crippen molar-refractivity contribution in [2.24, 2.45) is 0 Å². The van der Waals surface area contributed by atoms with Crippen molar-refractivity contribution in [2.75, 3.05) is 6.54 Å². The molecule has 0 radical (unpaired) electrons. The molecule has 0 aliphatic carbocycles. The van der Waals surface area contributed by atoms with E-state index in [-0.39, 0.29) is 11.9 Å². The van der Waals surface area contributed by atoms with E-state index in [1.165, 1.54) is 11.8 Å². The average Bonchev–Trinajstić information content (AvgIpc) is 3.19. The Morgan fingerprint density at radius 3 is 2.73 bits per heavy atom. The van der Waals surface area contributed by atoms with Crippen LogP contribution in [0.3, 0.4) is 0 Å². The second-order valence-corrected chi connectivity index (χ2v) is 6.65. The molecular formula is C20H21N5O. The Bertz CT molecular complexity index is 888. The molecule has 132 valence electrons. The van der Waals surface area contributed by atoms with Gasteiger partial charge in [0, 0.05) is 18.9 Å². The topological polar surface area (TPSA) is 74.8 Å². The molecule has 26 heavy (non-hydrogen) atoms. The van der Waals surface area contributed by atoms with Crippen molar-refractivity contribution in [3.63, 3.8) is 0 Å². The summed E-state index contributed by atoms with van der Waals surface area (Å²) in [5, 5.41) is 0. The number of aromatic amines is 1. The van der Waals surface area contributed by atoms with E-state index in [1.807, 2.05) is 11.1 Å². The predicted octanol–water partition coefficient (Wildman–Crippen LogP) is 3.54. The van der Waals surface area contributed by atoms with Crippen LogP contribution in [0.4, 0.5) is 0 Å². The molecule has 6 heteroatoms. The number of amides is 1. The van der Waals surface area contributed by atoms with Gasteiger partial charge in [0.2, 0.25) is 0 Å². The Morgan fingerprint density at radius 1 is 1.12 bits per heavy atom. The number of nitrogens with one attached hydrogen (secondary N) is 1.